The highest BCUT2D eigenvalue weighted by molar-refractivity contribution is 7.99. The number of aliphatic hydroxyl groups is 1. The van der Waals surface area contributed by atoms with Gasteiger partial charge in [0.25, 0.3) is 0 Å². The lowest BCUT2D eigenvalue weighted by atomic mass is 9.81. The first-order valence-corrected chi connectivity index (χ1v) is 13.6. The number of halogens is 4. The summed E-state index contributed by atoms with van der Waals surface area (Å²) < 4.78 is 62.1. The summed E-state index contributed by atoms with van der Waals surface area (Å²) in [6.07, 6.45) is -2.32. The molecule has 38 heavy (non-hydrogen) atoms. The van der Waals surface area contributed by atoms with Gasteiger partial charge in [-0.05, 0) is 85.7 Å². The van der Waals surface area contributed by atoms with Gasteiger partial charge in [0.2, 0.25) is 0 Å². The molecule has 2 heterocycles. The fraction of sp³-hybridized carbons (Fsp3) is 0.464. The molecule has 1 aromatic heterocycles. The van der Waals surface area contributed by atoms with Crippen molar-refractivity contribution in [2.75, 3.05) is 39.1 Å². The number of hydrogen-bond acceptors (Lipinski definition) is 6. The van der Waals surface area contributed by atoms with E-state index in [1.54, 1.807) is 31.5 Å². The molecule has 0 amide bonds. The van der Waals surface area contributed by atoms with E-state index in [0.717, 1.165) is 30.4 Å². The molecule has 0 aliphatic carbocycles. The third-order valence-corrected chi connectivity index (χ3v) is 8.01. The monoisotopic (exact) mass is 552 g/mol. The van der Waals surface area contributed by atoms with Crippen LogP contribution in [0.15, 0.2) is 59.6 Å². The van der Waals surface area contributed by atoms with E-state index in [1.165, 1.54) is 23.9 Å². The Morgan fingerprint density at radius 1 is 1.13 bits per heavy atom. The number of pyridine rings is 1. The Morgan fingerprint density at radius 3 is 2.74 bits per heavy atom. The number of piperidine rings is 1. The first-order valence-electron chi connectivity index (χ1n) is 12.6. The SMILES string of the molecule is COc1ccc2nccc(C(F)CC[C@@H]3CCN(CCSc4cccc(OC(F)(F)F)c4)C[C@@H]3CO)c2c1. The maximum absolute atomic E-state index is 15.4. The number of methoxy groups -OCH3 is 1. The third-order valence-electron chi connectivity index (χ3n) is 7.04. The van der Waals surface area contributed by atoms with Crippen molar-refractivity contribution in [1.82, 2.24) is 9.88 Å². The standard InChI is InChI=1S/C28H32F4N2O3S/c1-36-21-6-8-27-25(16-21)24(9-11-33-27)26(29)7-5-19-10-12-34(17-20(19)18-35)13-14-38-23-4-2-3-22(15-23)37-28(30,31)32/h2-4,6,8-9,11,15-16,19-20,26,35H,5,7,10,12-14,17-18H2,1H3/t19-,20-,26?/m1/s1. The fourth-order valence-corrected chi connectivity index (χ4v) is 6.02. The summed E-state index contributed by atoms with van der Waals surface area (Å²) >= 11 is 1.46. The smallest absolute Gasteiger partial charge is 0.497 e. The molecule has 3 atom stereocenters. The van der Waals surface area contributed by atoms with Crippen LogP contribution in [-0.2, 0) is 0 Å². The van der Waals surface area contributed by atoms with Gasteiger partial charge in [0.15, 0.2) is 0 Å². The number of hydrogen-bond donors (Lipinski definition) is 1. The van der Waals surface area contributed by atoms with Crippen LogP contribution in [0.2, 0.25) is 0 Å². The number of nitrogens with zero attached hydrogens (tertiary/aromatic N) is 2. The lowest BCUT2D eigenvalue weighted by molar-refractivity contribution is -0.274. The number of likely N-dealkylation sites (tertiary alicyclic amines) is 1. The molecule has 2 aromatic carbocycles. The first-order chi connectivity index (χ1) is 18.3. The summed E-state index contributed by atoms with van der Waals surface area (Å²) in [5.74, 6) is 1.41. The number of aliphatic hydroxyl groups excluding tert-OH is 1. The van der Waals surface area contributed by atoms with Gasteiger partial charge in [-0.3, -0.25) is 4.98 Å². The molecule has 1 fully saturated rings. The average molecular weight is 553 g/mol. The molecule has 0 saturated carbocycles. The zero-order chi connectivity index (χ0) is 27.1. The summed E-state index contributed by atoms with van der Waals surface area (Å²) in [5.41, 5.74) is 1.33. The van der Waals surface area contributed by atoms with Gasteiger partial charge in [0, 0.05) is 41.9 Å². The number of benzene rings is 2. The van der Waals surface area contributed by atoms with E-state index >= 15 is 4.39 Å². The highest BCUT2D eigenvalue weighted by atomic mass is 32.2. The van der Waals surface area contributed by atoms with E-state index in [2.05, 4.69) is 14.6 Å². The number of rotatable bonds is 11. The summed E-state index contributed by atoms with van der Waals surface area (Å²) in [6, 6.07) is 13.1. The number of thioether (sulfide) groups is 1. The first kappa shape index (κ1) is 28.4. The molecule has 0 radical (unpaired) electrons. The minimum atomic E-state index is -4.71. The number of fused-ring (bicyclic) bond motifs is 1. The van der Waals surface area contributed by atoms with Crippen LogP contribution in [0.5, 0.6) is 11.5 Å². The van der Waals surface area contributed by atoms with Crippen molar-refractivity contribution in [1.29, 1.82) is 0 Å². The maximum atomic E-state index is 15.4. The van der Waals surface area contributed by atoms with Crippen molar-refractivity contribution in [3.8, 4) is 11.5 Å². The molecule has 3 aromatic rings. The van der Waals surface area contributed by atoms with E-state index in [4.69, 9.17) is 4.74 Å². The summed E-state index contributed by atoms with van der Waals surface area (Å²) in [4.78, 5) is 7.30. The minimum absolute atomic E-state index is 0.0392. The predicted molar refractivity (Wildman–Crippen MR) is 140 cm³/mol. The van der Waals surface area contributed by atoms with E-state index in [0.29, 0.717) is 41.3 Å². The summed E-state index contributed by atoms with van der Waals surface area (Å²) in [5, 5.41) is 10.8. The Balaban J connectivity index is 1.27. The van der Waals surface area contributed by atoms with Crippen molar-refractivity contribution in [3.63, 3.8) is 0 Å². The molecule has 1 aliphatic rings. The van der Waals surface area contributed by atoms with Gasteiger partial charge in [-0.25, -0.2) is 4.39 Å². The number of ether oxygens (including phenoxy) is 2. The lowest BCUT2D eigenvalue weighted by Crippen LogP contribution is -2.43. The maximum Gasteiger partial charge on any atom is 0.573 e. The van der Waals surface area contributed by atoms with Gasteiger partial charge in [-0.2, -0.15) is 0 Å². The Labute approximate surface area is 224 Å². The van der Waals surface area contributed by atoms with Gasteiger partial charge >= 0.3 is 6.36 Å². The van der Waals surface area contributed by atoms with E-state index in [1.807, 2.05) is 18.2 Å². The molecule has 206 valence electrons. The zero-order valence-electron chi connectivity index (χ0n) is 21.2. The number of alkyl halides is 4. The van der Waals surface area contributed by atoms with Gasteiger partial charge in [-0.1, -0.05) is 6.07 Å². The second-order valence-corrected chi connectivity index (χ2v) is 10.7. The molecule has 10 heteroatoms. The number of aromatic nitrogens is 1. The molecule has 1 unspecified atom stereocenters. The molecule has 1 N–H and O–H groups in total. The second kappa shape index (κ2) is 13.0. The molecule has 4 rings (SSSR count). The molecule has 0 bridgehead atoms. The van der Waals surface area contributed by atoms with Crippen molar-refractivity contribution >= 4 is 22.7 Å². The van der Waals surface area contributed by atoms with Crippen LogP contribution >= 0.6 is 11.8 Å². The van der Waals surface area contributed by atoms with Gasteiger partial charge in [0.1, 0.15) is 17.7 Å². The Kier molecular flexibility index (Phi) is 9.73. The van der Waals surface area contributed by atoms with Crippen molar-refractivity contribution in [2.24, 2.45) is 11.8 Å². The molecule has 0 spiro atoms. The van der Waals surface area contributed by atoms with Crippen LogP contribution < -0.4 is 9.47 Å². The largest absolute Gasteiger partial charge is 0.573 e. The molecule has 1 saturated heterocycles. The van der Waals surface area contributed by atoms with Gasteiger partial charge < -0.3 is 19.5 Å². The lowest BCUT2D eigenvalue weighted by Gasteiger charge is -2.38. The normalized spacial score (nSPS) is 19.4. The second-order valence-electron chi connectivity index (χ2n) is 9.49. The molecule has 1 aliphatic heterocycles. The third kappa shape index (κ3) is 7.74. The zero-order valence-corrected chi connectivity index (χ0v) is 22.0. The van der Waals surface area contributed by atoms with Crippen LogP contribution in [0.1, 0.15) is 31.0 Å². The van der Waals surface area contributed by atoms with Crippen molar-refractivity contribution in [3.05, 3.63) is 60.3 Å². The van der Waals surface area contributed by atoms with Gasteiger partial charge in [0.05, 0.1) is 12.6 Å². The molecule has 5 nitrogen and oxygen atoms in total. The Morgan fingerprint density at radius 2 is 1.97 bits per heavy atom. The molecular formula is C28H32F4N2O3S. The molecular weight excluding hydrogens is 520 g/mol. The summed E-state index contributed by atoms with van der Waals surface area (Å²) in [6.45, 7) is 2.34. The highest BCUT2D eigenvalue weighted by Crippen LogP contribution is 2.35. The highest BCUT2D eigenvalue weighted by Gasteiger charge is 2.31. The Hall–Kier alpha value is -2.56. The van der Waals surface area contributed by atoms with Crippen LogP contribution in [0.3, 0.4) is 0 Å². The van der Waals surface area contributed by atoms with E-state index in [9.17, 15) is 18.3 Å². The van der Waals surface area contributed by atoms with Crippen LogP contribution in [0, 0.1) is 11.8 Å². The van der Waals surface area contributed by atoms with Crippen molar-refractivity contribution in [2.45, 2.75) is 36.7 Å². The van der Waals surface area contributed by atoms with Crippen LogP contribution in [-0.4, -0.2) is 60.5 Å². The fourth-order valence-electron chi connectivity index (χ4n) is 5.06. The average Bonchev–Trinajstić information content (AvgIpc) is 2.90. The summed E-state index contributed by atoms with van der Waals surface area (Å²) in [7, 11) is 1.58. The van der Waals surface area contributed by atoms with Crippen LogP contribution in [0.4, 0.5) is 17.6 Å². The topological polar surface area (TPSA) is 54.8 Å². The van der Waals surface area contributed by atoms with E-state index in [-0.39, 0.29) is 24.2 Å². The van der Waals surface area contributed by atoms with Crippen LogP contribution in [0.25, 0.3) is 10.9 Å². The minimum Gasteiger partial charge on any atom is -0.497 e. The Bertz CT molecular complexity index is 1200. The van der Waals surface area contributed by atoms with Crippen molar-refractivity contribution < 1.29 is 32.1 Å². The van der Waals surface area contributed by atoms with E-state index < -0.39 is 12.5 Å². The quantitative estimate of drug-likeness (QED) is 0.212. The predicted octanol–water partition coefficient (Wildman–Crippen LogP) is 6.66. The van der Waals surface area contributed by atoms with Gasteiger partial charge in [-0.15, -0.1) is 24.9 Å².